The summed E-state index contributed by atoms with van der Waals surface area (Å²) in [6.45, 7) is 2.26. The lowest BCUT2D eigenvalue weighted by Gasteiger charge is -2.39. The number of hydrogen-bond acceptors (Lipinski definition) is 4. The monoisotopic (exact) mass is 384 g/mol. The summed E-state index contributed by atoms with van der Waals surface area (Å²) in [5.41, 5.74) is -0.0745. The zero-order valence-corrected chi connectivity index (χ0v) is 15.8. The fraction of sp³-hybridized carbons (Fsp3) is 0.381. The van der Waals surface area contributed by atoms with Gasteiger partial charge >= 0.3 is 5.97 Å². The van der Waals surface area contributed by atoms with Crippen LogP contribution in [0, 0.1) is 5.41 Å². The lowest BCUT2D eigenvalue weighted by Crippen LogP contribution is -2.55. The summed E-state index contributed by atoms with van der Waals surface area (Å²) in [6.07, 6.45) is 2.84. The Morgan fingerprint density at radius 1 is 1.21 bits per heavy atom. The summed E-state index contributed by atoms with van der Waals surface area (Å²) in [5.74, 6) is -1.54. The molecule has 2 unspecified atom stereocenters. The number of carbonyl (C=O) groups excluding carboxylic acids is 2. The van der Waals surface area contributed by atoms with Gasteiger partial charge < -0.3 is 19.7 Å². The first-order valence-corrected chi connectivity index (χ1v) is 9.29. The van der Waals surface area contributed by atoms with Gasteiger partial charge in [-0.3, -0.25) is 14.4 Å². The van der Waals surface area contributed by atoms with Crippen molar-refractivity contribution in [3.8, 4) is 0 Å². The number of nitrogens with zero attached hydrogens (tertiary/aromatic N) is 1. The molecule has 28 heavy (non-hydrogen) atoms. The number of nitrogens with one attached hydrogen (secondary N) is 1. The number of aliphatic carboxylic acids is 1. The summed E-state index contributed by atoms with van der Waals surface area (Å²) in [6, 6.07) is 11.7. The minimum Gasteiger partial charge on any atom is -0.481 e. The van der Waals surface area contributed by atoms with Crippen LogP contribution in [0.3, 0.4) is 0 Å². The van der Waals surface area contributed by atoms with Gasteiger partial charge in [-0.15, -0.1) is 0 Å². The molecular formula is C21H24N2O5. The van der Waals surface area contributed by atoms with Crippen LogP contribution in [0.15, 0.2) is 53.1 Å². The maximum atomic E-state index is 13.2. The average molecular weight is 384 g/mol. The topological polar surface area (TPSA) is 99.9 Å². The van der Waals surface area contributed by atoms with E-state index in [2.05, 4.69) is 5.32 Å². The van der Waals surface area contributed by atoms with Crippen molar-refractivity contribution in [2.24, 2.45) is 5.41 Å². The molecule has 1 aliphatic rings. The van der Waals surface area contributed by atoms with Gasteiger partial charge in [-0.25, -0.2) is 0 Å². The molecule has 0 spiro atoms. The quantitative estimate of drug-likeness (QED) is 0.796. The largest absolute Gasteiger partial charge is 0.481 e. The van der Waals surface area contributed by atoms with Crippen LogP contribution in [0.1, 0.15) is 35.9 Å². The van der Waals surface area contributed by atoms with E-state index in [-0.39, 0.29) is 18.2 Å². The Bertz CT molecular complexity index is 834. The molecule has 1 aromatic carbocycles. The second kappa shape index (κ2) is 8.29. The lowest BCUT2D eigenvalue weighted by atomic mass is 9.81. The summed E-state index contributed by atoms with van der Waals surface area (Å²) in [4.78, 5) is 38.8. The third kappa shape index (κ3) is 4.42. The van der Waals surface area contributed by atoms with Gasteiger partial charge in [-0.1, -0.05) is 30.3 Å². The van der Waals surface area contributed by atoms with Crippen LogP contribution in [0.2, 0.25) is 0 Å². The third-order valence-electron chi connectivity index (χ3n) is 5.16. The highest BCUT2D eigenvalue weighted by molar-refractivity contribution is 5.95. The number of benzene rings is 1. The van der Waals surface area contributed by atoms with Crippen molar-refractivity contribution in [1.82, 2.24) is 10.2 Å². The van der Waals surface area contributed by atoms with Crippen molar-refractivity contribution in [3.05, 3.63) is 60.1 Å². The highest BCUT2D eigenvalue weighted by Crippen LogP contribution is 2.30. The zero-order chi connectivity index (χ0) is 20.1. The third-order valence-corrected chi connectivity index (χ3v) is 5.16. The van der Waals surface area contributed by atoms with Crippen LogP contribution in [0.5, 0.6) is 0 Å². The zero-order valence-electron chi connectivity index (χ0n) is 15.8. The summed E-state index contributed by atoms with van der Waals surface area (Å²) < 4.78 is 5.12. The molecule has 0 aliphatic carbocycles. The Kier molecular flexibility index (Phi) is 5.82. The summed E-state index contributed by atoms with van der Waals surface area (Å²) >= 11 is 0. The van der Waals surface area contributed by atoms with Crippen LogP contribution < -0.4 is 5.32 Å². The van der Waals surface area contributed by atoms with Gasteiger partial charge in [0, 0.05) is 19.5 Å². The minimum atomic E-state index is -0.976. The van der Waals surface area contributed by atoms with Crippen molar-refractivity contribution in [2.75, 3.05) is 13.1 Å². The average Bonchev–Trinajstić information content (AvgIpc) is 3.22. The fourth-order valence-corrected chi connectivity index (χ4v) is 3.51. The highest BCUT2D eigenvalue weighted by atomic mass is 16.4. The van der Waals surface area contributed by atoms with Gasteiger partial charge in [0.05, 0.1) is 11.7 Å². The molecule has 0 radical (unpaired) electrons. The van der Waals surface area contributed by atoms with Crippen LogP contribution in [-0.2, 0) is 16.0 Å². The van der Waals surface area contributed by atoms with Gasteiger partial charge in [0.1, 0.15) is 6.04 Å². The number of likely N-dealkylation sites (tertiary alicyclic amines) is 1. The predicted octanol–water partition coefficient (Wildman–Crippen LogP) is 2.33. The highest BCUT2D eigenvalue weighted by Gasteiger charge is 2.41. The Morgan fingerprint density at radius 3 is 2.61 bits per heavy atom. The van der Waals surface area contributed by atoms with E-state index >= 15 is 0 Å². The first kappa shape index (κ1) is 19.7. The molecule has 1 aliphatic heterocycles. The summed E-state index contributed by atoms with van der Waals surface area (Å²) in [5, 5.41) is 12.3. The molecule has 0 bridgehead atoms. The number of rotatable bonds is 6. The second-order valence-electron chi connectivity index (χ2n) is 7.42. The number of hydrogen-bond donors (Lipinski definition) is 2. The van der Waals surface area contributed by atoms with Gasteiger partial charge in [-0.05, 0) is 37.5 Å². The Labute approximate surface area is 163 Å². The van der Waals surface area contributed by atoms with Crippen LogP contribution in [0.25, 0.3) is 0 Å². The van der Waals surface area contributed by atoms with Crippen molar-refractivity contribution in [2.45, 2.75) is 32.2 Å². The minimum absolute atomic E-state index is 0.125. The molecule has 2 amide bonds. The maximum absolute atomic E-state index is 13.2. The van der Waals surface area contributed by atoms with E-state index in [1.165, 1.54) is 12.3 Å². The van der Waals surface area contributed by atoms with Gasteiger partial charge in [0.15, 0.2) is 5.76 Å². The van der Waals surface area contributed by atoms with E-state index in [1.54, 1.807) is 17.9 Å². The first-order valence-electron chi connectivity index (χ1n) is 9.29. The van der Waals surface area contributed by atoms with Gasteiger partial charge in [0.25, 0.3) is 5.91 Å². The normalized spacial score (nSPS) is 20.4. The van der Waals surface area contributed by atoms with Crippen LogP contribution in [0.4, 0.5) is 0 Å². The molecule has 0 saturated carbocycles. The van der Waals surface area contributed by atoms with Crippen molar-refractivity contribution < 1.29 is 23.9 Å². The summed E-state index contributed by atoms with van der Waals surface area (Å²) in [7, 11) is 0. The number of carboxylic acids is 1. The van der Waals surface area contributed by atoms with E-state index in [4.69, 9.17) is 4.42 Å². The molecule has 2 atom stereocenters. The Balaban J connectivity index is 1.79. The van der Waals surface area contributed by atoms with Crippen molar-refractivity contribution in [3.63, 3.8) is 0 Å². The first-order chi connectivity index (χ1) is 13.4. The lowest BCUT2D eigenvalue weighted by molar-refractivity contribution is -0.154. The Hall–Kier alpha value is -3.09. The van der Waals surface area contributed by atoms with E-state index in [9.17, 15) is 19.5 Å². The smallest absolute Gasteiger partial charge is 0.311 e. The van der Waals surface area contributed by atoms with Crippen LogP contribution >= 0.6 is 0 Å². The molecule has 2 aromatic rings. The van der Waals surface area contributed by atoms with E-state index in [1.807, 2.05) is 30.3 Å². The Morgan fingerprint density at radius 2 is 1.96 bits per heavy atom. The van der Waals surface area contributed by atoms with Gasteiger partial charge in [-0.2, -0.15) is 0 Å². The molecule has 2 N–H and O–H groups in total. The molecular weight excluding hydrogens is 360 g/mol. The molecule has 3 rings (SSSR count). The van der Waals surface area contributed by atoms with Gasteiger partial charge in [0.2, 0.25) is 5.91 Å². The molecule has 1 aromatic heterocycles. The number of piperidine rings is 1. The molecule has 1 saturated heterocycles. The molecule has 2 heterocycles. The number of carbonyl (C=O) groups is 3. The predicted molar refractivity (Wildman–Crippen MR) is 102 cm³/mol. The van der Waals surface area contributed by atoms with Crippen LogP contribution in [-0.4, -0.2) is 46.9 Å². The number of amides is 2. The maximum Gasteiger partial charge on any atom is 0.311 e. The second-order valence-corrected chi connectivity index (χ2v) is 7.42. The van der Waals surface area contributed by atoms with E-state index in [0.29, 0.717) is 25.8 Å². The van der Waals surface area contributed by atoms with E-state index < -0.39 is 23.3 Å². The number of furan rings is 1. The standard InChI is InChI=1S/C21H24N2O5/c1-21(20(26)27)10-6-11-23(14-21)19(25)16(13-15-7-3-2-4-8-15)22-18(24)17-9-5-12-28-17/h2-5,7-9,12,16H,6,10-11,13-14H2,1H3,(H,22,24)(H,26,27). The fourth-order valence-electron chi connectivity index (χ4n) is 3.51. The molecule has 148 valence electrons. The molecule has 1 fully saturated rings. The van der Waals surface area contributed by atoms with E-state index in [0.717, 1.165) is 5.56 Å². The number of carboxylic acid groups (broad SMARTS) is 1. The van der Waals surface area contributed by atoms with Crippen molar-refractivity contribution in [1.29, 1.82) is 0 Å². The SMILES string of the molecule is CC1(C(=O)O)CCCN(C(=O)C(Cc2ccccc2)NC(=O)c2ccco2)C1. The van der Waals surface area contributed by atoms with Crippen molar-refractivity contribution >= 4 is 17.8 Å². The molecule has 7 heteroatoms. The molecule has 7 nitrogen and oxygen atoms in total.